The Bertz CT molecular complexity index is 746. The number of hydrogen-bond acceptors (Lipinski definition) is 4. The van der Waals surface area contributed by atoms with Gasteiger partial charge in [0.1, 0.15) is 11.5 Å². The molecular formula is C20H26ClN3O3. The molecule has 0 bridgehead atoms. The normalized spacial score (nSPS) is 11.2. The maximum atomic E-state index is 11.8. The summed E-state index contributed by atoms with van der Waals surface area (Å²) in [6.45, 7) is 0. The number of rotatable bonds is 8. The van der Waals surface area contributed by atoms with Crippen LogP contribution in [0.2, 0.25) is 0 Å². The average Bonchev–Trinajstić information content (AvgIpc) is 2.62. The third-order valence-corrected chi connectivity index (χ3v) is 3.96. The number of ether oxygens (including phenoxy) is 1. The van der Waals surface area contributed by atoms with Gasteiger partial charge < -0.3 is 21.1 Å². The second kappa shape index (κ2) is 10.5. The summed E-state index contributed by atoms with van der Waals surface area (Å²) in [5.41, 5.74) is 13.1. The van der Waals surface area contributed by atoms with Gasteiger partial charge in [-0.3, -0.25) is 9.59 Å². The van der Waals surface area contributed by atoms with Crippen molar-refractivity contribution in [1.29, 1.82) is 0 Å². The molecule has 0 saturated heterocycles. The molecule has 0 spiro atoms. The number of aryl methyl sites for hydroxylation is 1. The molecule has 0 heterocycles. The highest BCUT2D eigenvalue weighted by atomic mass is 35.5. The van der Waals surface area contributed by atoms with Crippen molar-refractivity contribution in [3.8, 4) is 11.5 Å². The zero-order chi connectivity index (χ0) is 19.1. The van der Waals surface area contributed by atoms with E-state index < -0.39 is 6.04 Å². The molecule has 0 fully saturated rings. The van der Waals surface area contributed by atoms with E-state index in [1.165, 1.54) is 4.90 Å². The summed E-state index contributed by atoms with van der Waals surface area (Å²) in [6, 6.07) is 14.5. The molecule has 27 heavy (non-hydrogen) atoms. The van der Waals surface area contributed by atoms with Gasteiger partial charge in [-0.1, -0.05) is 24.3 Å². The van der Waals surface area contributed by atoms with E-state index in [4.69, 9.17) is 16.2 Å². The molecule has 0 saturated carbocycles. The number of nitrogens with zero attached hydrogens (tertiary/aromatic N) is 1. The molecule has 2 aromatic rings. The number of amides is 2. The highest BCUT2D eigenvalue weighted by Crippen LogP contribution is 2.22. The second-order valence-electron chi connectivity index (χ2n) is 6.40. The molecule has 7 heteroatoms. The van der Waals surface area contributed by atoms with Crippen LogP contribution >= 0.6 is 12.4 Å². The summed E-state index contributed by atoms with van der Waals surface area (Å²) in [7, 11) is 3.39. The topological polar surface area (TPSA) is 98.7 Å². The lowest BCUT2D eigenvalue weighted by molar-refractivity contribution is -0.130. The first-order valence-corrected chi connectivity index (χ1v) is 8.46. The van der Waals surface area contributed by atoms with Crippen molar-refractivity contribution in [2.24, 2.45) is 11.5 Å². The first-order valence-electron chi connectivity index (χ1n) is 8.46. The van der Waals surface area contributed by atoms with Gasteiger partial charge in [0, 0.05) is 20.5 Å². The van der Waals surface area contributed by atoms with Gasteiger partial charge in [-0.05, 0) is 48.2 Å². The molecule has 146 valence electrons. The predicted molar refractivity (Wildman–Crippen MR) is 108 cm³/mol. The summed E-state index contributed by atoms with van der Waals surface area (Å²) in [5, 5.41) is 0. The van der Waals surface area contributed by atoms with Crippen LogP contribution in [0, 0.1) is 0 Å². The third kappa shape index (κ3) is 7.29. The maximum absolute atomic E-state index is 11.8. The van der Waals surface area contributed by atoms with Gasteiger partial charge in [-0.2, -0.15) is 0 Å². The predicted octanol–water partition coefficient (Wildman–Crippen LogP) is 2.28. The van der Waals surface area contributed by atoms with Crippen LogP contribution in [-0.4, -0.2) is 36.9 Å². The van der Waals surface area contributed by atoms with Crippen molar-refractivity contribution >= 4 is 24.2 Å². The van der Waals surface area contributed by atoms with Crippen molar-refractivity contribution in [3.63, 3.8) is 0 Å². The Morgan fingerprint density at radius 2 is 1.44 bits per heavy atom. The number of hydrogen-bond donors (Lipinski definition) is 2. The minimum Gasteiger partial charge on any atom is -0.457 e. The Labute approximate surface area is 165 Å². The van der Waals surface area contributed by atoms with Crippen molar-refractivity contribution < 1.29 is 14.3 Å². The summed E-state index contributed by atoms with van der Waals surface area (Å²) in [6.07, 6.45) is 1.43. The van der Waals surface area contributed by atoms with Crippen LogP contribution in [0.25, 0.3) is 0 Å². The zero-order valence-corrected chi connectivity index (χ0v) is 16.4. The molecule has 0 aliphatic carbocycles. The Morgan fingerprint density at radius 1 is 0.963 bits per heavy atom. The fraction of sp³-hybridized carbons (Fsp3) is 0.300. The van der Waals surface area contributed by atoms with E-state index >= 15 is 0 Å². The van der Waals surface area contributed by atoms with E-state index in [0.29, 0.717) is 30.8 Å². The molecule has 0 radical (unpaired) electrons. The first kappa shape index (κ1) is 22.5. The fourth-order valence-electron chi connectivity index (χ4n) is 2.49. The van der Waals surface area contributed by atoms with Crippen LogP contribution in [0.1, 0.15) is 17.5 Å². The standard InChI is InChI=1S/C20H25N3O3.ClH/c1-23(2)20(25)18(21)13-15-5-10-17(11-6-15)26-16-8-3-14(4-9-16)7-12-19(22)24;/h3-6,8-11,18H,7,12-13,21H2,1-2H3,(H2,22,24);1H/t18-;/m0./s1. The lowest BCUT2D eigenvalue weighted by atomic mass is 10.1. The number of nitrogens with two attached hydrogens (primary N) is 2. The number of carbonyl (C=O) groups excluding carboxylic acids is 2. The molecule has 2 aromatic carbocycles. The third-order valence-electron chi connectivity index (χ3n) is 3.96. The van der Waals surface area contributed by atoms with Crippen LogP contribution in [0.3, 0.4) is 0 Å². The van der Waals surface area contributed by atoms with Crippen LogP contribution in [0.4, 0.5) is 0 Å². The monoisotopic (exact) mass is 391 g/mol. The maximum Gasteiger partial charge on any atom is 0.239 e. The minimum atomic E-state index is -0.551. The molecule has 2 rings (SSSR count). The van der Waals surface area contributed by atoms with Crippen molar-refractivity contribution in [1.82, 2.24) is 4.90 Å². The Hall–Kier alpha value is -2.57. The molecule has 0 aliphatic rings. The molecule has 0 aromatic heterocycles. The van der Waals surface area contributed by atoms with Gasteiger partial charge in [-0.15, -0.1) is 12.4 Å². The number of halogens is 1. The number of carbonyl (C=O) groups is 2. The zero-order valence-electron chi connectivity index (χ0n) is 15.6. The summed E-state index contributed by atoms with van der Waals surface area (Å²) in [5.74, 6) is 1.00. The summed E-state index contributed by atoms with van der Waals surface area (Å²) in [4.78, 5) is 24.1. The fourth-order valence-corrected chi connectivity index (χ4v) is 2.49. The van der Waals surface area contributed by atoms with Crippen LogP contribution in [0.15, 0.2) is 48.5 Å². The lowest BCUT2D eigenvalue weighted by Gasteiger charge is -2.16. The van der Waals surface area contributed by atoms with Crippen LogP contribution in [-0.2, 0) is 22.4 Å². The molecule has 6 nitrogen and oxygen atoms in total. The molecule has 0 unspecified atom stereocenters. The van der Waals surface area contributed by atoms with Crippen molar-refractivity contribution in [2.75, 3.05) is 14.1 Å². The number of benzene rings is 2. The van der Waals surface area contributed by atoms with Crippen LogP contribution < -0.4 is 16.2 Å². The van der Waals surface area contributed by atoms with Gasteiger partial charge in [0.2, 0.25) is 11.8 Å². The largest absolute Gasteiger partial charge is 0.457 e. The van der Waals surface area contributed by atoms with Gasteiger partial charge in [0.25, 0.3) is 0 Å². The van der Waals surface area contributed by atoms with Crippen molar-refractivity contribution in [2.45, 2.75) is 25.3 Å². The number of primary amides is 1. The summed E-state index contributed by atoms with van der Waals surface area (Å²) >= 11 is 0. The van der Waals surface area contributed by atoms with Gasteiger partial charge >= 0.3 is 0 Å². The van der Waals surface area contributed by atoms with E-state index in [-0.39, 0.29) is 24.2 Å². The second-order valence-corrected chi connectivity index (χ2v) is 6.40. The Morgan fingerprint density at radius 3 is 1.89 bits per heavy atom. The van der Waals surface area contributed by atoms with E-state index in [1.54, 1.807) is 14.1 Å². The molecule has 0 aliphatic heterocycles. The average molecular weight is 392 g/mol. The lowest BCUT2D eigenvalue weighted by Crippen LogP contribution is -2.41. The molecule has 2 amide bonds. The van der Waals surface area contributed by atoms with E-state index in [2.05, 4.69) is 0 Å². The van der Waals surface area contributed by atoms with E-state index in [9.17, 15) is 9.59 Å². The van der Waals surface area contributed by atoms with Gasteiger partial charge in [0.05, 0.1) is 6.04 Å². The van der Waals surface area contributed by atoms with E-state index in [1.807, 2.05) is 48.5 Å². The minimum absolute atomic E-state index is 0. The number of likely N-dealkylation sites (N-methyl/N-ethyl adjacent to an activating group) is 1. The van der Waals surface area contributed by atoms with Gasteiger partial charge in [-0.25, -0.2) is 0 Å². The first-order chi connectivity index (χ1) is 12.3. The van der Waals surface area contributed by atoms with Crippen molar-refractivity contribution in [3.05, 3.63) is 59.7 Å². The smallest absolute Gasteiger partial charge is 0.239 e. The summed E-state index contributed by atoms with van der Waals surface area (Å²) < 4.78 is 5.81. The highest BCUT2D eigenvalue weighted by molar-refractivity contribution is 5.85. The van der Waals surface area contributed by atoms with Gasteiger partial charge in [0.15, 0.2) is 0 Å². The SMILES string of the molecule is CN(C)C(=O)[C@@H](N)Cc1ccc(Oc2ccc(CCC(N)=O)cc2)cc1.Cl. The highest BCUT2D eigenvalue weighted by Gasteiger charge is 2.15. The van der Waals surface area contributed by atoms with E-state index in [0.717, 1.165) is 11.1 Å². The quantitative estimate of drug-likeness (QED) is 0.721. The Balaban J connectivity index is 0.00000364. The Kier molecular flexibility index (Phi) is 8.78. The molecular weight excluding hydrogens is 366 g/mol. The molecule has 1 atom stereocenters. The van der Waals surface area contributed by atoms with Crippen LogP contribution in [0.5, 0.6) is 11.5 Å². The molecule has 4 N–H and O–H groups in total.